The lowest BCUT2D eigenvalue weighted by Crippen LogP contribution is -1.92. The number of nitrogens with zero attached hydrogens (tertiary/aromatic N) is 2. The third-order valence-electron chi connectivity index (χ3n) is 2.68. The average molecular weight is 225 g/mol. The van der Waals surface area contributed by atoms with Crippen molar-refractivity contribution in [3.8, 4) is 11.5 Å². The summed E-state index contributed by atoms with van der Waals surface area (Å²) in [5.74, 6) is 1.11. The fourth-order valence-corrected chi connectivity index (χ4v) is 1.81. The molecule has 0 aliphatic rings. The Morgan fingerprint density at radius 3 is 2.71 bits per heavy atom. The maximum Gasteiger partial charge on any atom is 0.155 e. The molecule has 0 bridgehead atoms. The van der Waals surface area contributed by atoms with Crippen molar-refractivity contribution >= 4 is 16.8 Å². The highest BCUT2D eigenvalue weighted by molar-refractivity contribution is 5.84. The summed E-state index contributed by atoms with van der Waals surface area (Å²) in [6.07, 6.45) is 0. The summed E-state index contributed by atoms with van der Waals surface area (Å²) in [6.45, 7) is 2.02. The van der Waals surface area contributed by atoms with E-state index in [1.165, 1.54) is 0 Å². The highest BCUT2D eigenvalue weighted by Crippen LogP contribution is 2.28. The van der Waals surface area contributed by atoms with E-state index < -0.39 is 0 Å². The number of aromatic nitrogens is 2. The van der Waals surface area contributed by atoms with Crippen LogP contribution in [-0.4, -0.2) is 10.2 Å². The van der Waals surface area contributed by atoms with Gasteiger partial charge in [0.15, 0.2) is 5.76 Å². The lowest BCUT2D eigenvalue weighted by atomic mass is 10.2. The van der Waals surface area contributed by atoms with Crippen molar-refractivity contribution in [2.24, 2.45) is 0 Å². The van der Waals surface area contributed by atoms with Crippen LogP contribution in [0.5, 0.6) is 0 Å². The summed E-state index contributed by atoms with van der Waals surface area (Å²) in [5, 5.41) is 8.89. The SMILES string of the molecule is Cc1cccc2cc(-c3ccc(N)nn3)oc12. The number of fused-ring (bicyclic) bond motifs is 1. The summed E-state index contributed by atoms with van der Waals surface area (Å²) >= 11 is 0. The summed E-state index contributed by atoms with van der Waals surface area (Å²) in [5.41, 5.74) is 8.19. The van der Waals surface area contributed by atoms with E-state index in [4.69, 9.17) is 10.2 Å². The molecule has 2 heterocycles. The molecule has 0 aliphatic carbocycles. The maximum atomic E-state index is 5.78. The lowest BCUT2D eigenvalue weighted by Gasteiger charge is -1.95. The zero-order valence-corrected chi connectivity index (χ0v) is 9.34. The number of nitrogen functional groups attached to an aromatic ring is 1. The molecule has 0 amide bonds. The van der Waals surface area contributed by atoms with Gasteiger partial charge in [0.1, 0.15) is 17.1 Å². The first-order chi connectivity index (χ1) is 8.24. The summed E-state index contributed by atoms with van der Waals surface area (Å²) in [4.78, 5) is 0. The molecular formula is C13H11N3O. The van der Waals surface area contributed by atoms with Gasteiger partial charge in [0.2, 0.25) is 0 Å². The van der Waals surface area contributed by atoms with E-state index in [0.29, 0.717) is 17.3 Å². The van der Waals surface area contributed by atoms with E-state index in [1.54, 1.807) is 12.1 Å². The van der Waals surface area contributed by atoms with Crippen molar-refractivity contribution in [2.45, 2.75) is 6.92 Å². The largest absolute Gasteiger partial charge is 0.454 e. The molecule has 3 aromatic rings. The highest BCUT2D eigenvalue weighted by Gasteiger charge is 2.08. The van der Waals surface area contributed by atoms with E-state index in [0.717, 1.165) is 16.5 Å². The first-order valence-corrected chi connectivity index (χ1v) is 5.33. The van der Waals surface area contributed by atoms with Gasteiger partial charge in [0, 0.05) is 5.39 Å². The van der Waals surface area contributed by atoms with Crippen molar-refractivity contribution in [3.05, 3.63) is 42.0 Å². The van der Waals surface area contributed by atoms with Crippen LogP contribution in [0.3, 0.4) is 0 Å². The van der Waals surface area contributed by atoms with Crippen LogP contribution in [0.1, 0.15) is 5.56 Å². The number of benzene rings is 1. The van der Waals surface area contributed by atoms with Gasteiger partial charge in [-0.25, -0.2) is 0 Å². The molecule has 0 saturated carbocycles. The predicted molar refractivity (Wildman–Crippen MR) is 66.4 cm³/mol. The molecule has 0 fully saturated rings. The molecule has 0 unspecified atom stereocenters. The minimum Gasteiger partial charge on any atom is -0.454 e. The molecule has 2 aromatic heterocycles. The molecular weight excluding hydrogens is 214 g/mol. The maximum absolute atomic E-state index is 5.78. The molecule has 2 N–H and O–H groups in total. The molecule has 0 spiro atoms. The lowest BCUT2D eigenvalue weighted by molar-refractivity contribution is 0.624. The van der Waals surface area contributed by atoms with Gasteiger partial charge in [-0.1, -0.05) is 18.2 Å². The standard InChI is InChI=1S/C13H11N3O/c1-8-3-2-4-9-7-11(17-13(8)9)10-5-6-12(14)16-15-10/h2-7H,1H3,(H2,14,16). The van der Waals surface area contributed by atoms with E-state index in [-0.39, 0.29) is 0 Å². The van der Waals surface area contributed by atoms with Crippen LogP contribution in [0.25, 0.3) is 22.4 Å². The Morgan fingerprint density at radius 2 is 2.00 bits per heavy atom. The van der Waals surface area contributed by atoms with Crippen molar-refractivity contribution in [2.75, 3.05) is 5.73 Å². The van der Waals surface area contributed by atoms with Gasteiger partial charge in [-0.3, -0.25) is 0 Å². The average Bonchev–Trinajstić information content (AvgIpc) is 2.75. The number of nitrogens with two attached hydrogens (primary N) is 1. The topological polar surface area (TPSA) is 64.9 Å². The Balaban J connectivity index is 2.18. The van der Waals surface area contributed by atoms with Crippen LogP contribution in [0.2, 0.25) is 0 Å². The van der Waals surface area contributed by atoms with Gasteiger partial charge in [-0.05, 0) is 30.7 Å². The quantitative estimate of drug-likeness (QED) is 0.691. The summed E-state index contributed by atoms with van der Waals surface area (Å²) < 4.78 is 5.78. The normalized spacial score (nSPS) is 10.9. The number of furan rings is 1. The van der Waals surface area contributed by atoms with E-state index in [2.05, 4.69) is 10.2 Å². The Morgan fingerprint density at radius 1 is 1.12 bits per heavy atom. The van der Waals surface area contributed by atoms with Crippen LogP contribution in [0.4, 0.5) is 5.82 Å². The van der Waals surface area contributed by atoms with Crippen LogP contribution in [0.15, 0.2) is 40.8 Å². The Kier molecular flexibility index (Phi) is 2.08. The van der Waals surface area contributed by atoms with Crippen molar-refractivity contribution < 1.29 is 4.42 Å². The Bertz CT molecular complexity index is 671. The van der Waals surface area contributed by atoms with Gasteiger partial charge < -0.3 is 10.2 Å². The fourth-order valence-electron chi connectivity index (χ4n) is 1.81. The van der Waals surface area contributed by atoms with E-state index in [9.17, 15) is 0 Å². The fraction of sp³-hybridized carbons (Fsp3) is 0.0769. The Labute approximate surface area is 98.1 Å². The number of rotatable bonds is 1. The monoisotopic (exact) mass is 225 g/mol. The van der Waals surface area contributed by atoms with Gasteiger partial charge >= 0.3 is 0 Å². The number of para-hydroxylation sites is 1. The molecule has 0 radical (unpaired) electrons. The molecule has 4 heteroatoms. The summed E-state index contributed by atoms with van der Waals surface area (Å²) in [7, 11) is 0. The highest BCUT2D eigenvalue weighted by atomic mass is 16.3. The van der Waals surface area contributed by atoms with Gasteiger partial charge in [-0.2, -0.15) is 0 Å². The predicted octanol–water partition coefficient (Wildman–Crippen LogP) is 2.78. The molecule has 0 aliphatic heterocycles. The number of hydrogen-bond acceptors (Lipinski definition) is 4. The van der Waals surface area contributed by atoms with Gasteiger partial charge in [-0.15, -0.1) is 10.2 Å². The van der Waals surface area contributed by atoms with E-state index >= 15 is 0 Å². The minimum atomic E-state index is 0.404. The van der Waals surface area contributed by atoms with E-state index in [1.807, 2.05) is 31.2 Å². The first-order valence-electron chi connectivity index (χ1n) is 5.33. The molecule has 4 nitrogen and oxygen atoms in total. The van der Waals surface area contributed by atoms with Gasteiger partial charge in [0.25, 0.3) is 0 Å². The zero-order chi connectivity index (χ0) is 11.8. The number of aryl methyl sites for hydroxylation is 1. The zero-order valence-electron chi connectivity index (χ0n) is 9.34. The number of anilines is 1. The molecule has 17 heavy (non-hydrogen) atoms. The van der Waals surface area contributed by atoms with Crippen LogP contribution >= 0.6 is 0 Å². The molecule has 0 saturated heterocycles. The molecule has 84 valence electrons. The summed E-state index contributed by atoms with van der Waals surface area (Å²) in [6, 6.07) is 11.5. The molecule has 3 rings (SSSR count). The van der Waals surface area contributed by atoms with Gasteiger partial charge in [0.05, 0.1) is 0 Å². The van der Waals surface area contributed by atoms with Crippen molar-refractivity contribution in [1.82, 2.24) is 10.2 Å². The van der Waals surface area contributed by atoms with Crippen molar-refractivity contribution in [1.29, 1.82) is 0 Å². The number of hydrogen-bond donors (Lipinski definition) is 1. The second-order valence-electron chi connectivity index (χ2n) is 3.95. The smallest absolute Gasteiger partial charge is 0.155 e. The first kappa shape index (κ1) is 9.84. The second kappa shape index (κ2) is 3.59. The third-order valence-corrected chi connectivity index (χ3v) is 2.68. The van der Waals surface area contributed by atoms with Crippen LogP contribution < -0.4 is 5.73 Å². The van der Waals surface area contributed by atoms with Crippen molar-refractivity contribution in [3.63, 3.8) is 0 Å². The molecule has 1 aromatic carbocycles. The Hall–Kier alpha value is -2.36. The third kappa shape index (κ3) is 1.63. The second-order valence-corrected chi connectivity index (χ2v) is 3.95. The van der Waals surface area contributed by atoms with Crippen LogP contribution in [-0.2, 0) is 0 Å². The van der Waals surface area contributed by atoms with Crippen LogP contribution in [0, 0.1) is 6.92 Å². The molecule has 0 atom stereocenters. The minimum absolute atomic E-state index is 0.404.